The van der Waals surface area contributed by atoms with Gasteiger partial charge in [0.25, 0.3) is 0 Å². The highest BCUT2D eigenvalue weighted by Gasteiger charge is 2.31. The molecule has 0 radical (unpaired) electrons. The fourth-order valence-electron chi connectivity index (χ4n) is 5.73. The highest BCUT2D eigenvalue weighted by atomic mass is 19.1. The molecular formula is C27H42F2O. The molecule has 0 aliphatic heterocycles. The molecule has 2 aliphatic rings. The van der Waals surface area contributed by atoms with E-state index in [1.165, 1.54) is 63.5 Å². The highest BCUT2D eigenvalue weighted by Crippen LogP contribution is 2.44. The topological polar surface area (TPSA) is 9.23 Å². The summed E-state index contributed by atoms with van der Waals surface area (Å²) in [7, 11) is 0. The molecular weight excluding hydrogens is 378 g/mol. The van der Waals surface area contributed by atoms with Crippen LogP contribution in [0.25, 0.3) is 0 Å². The molecule has 0 saturated heterocycles. The maximum absolute atomic E-state index is 14.7. The van der Waals surface area contributed by atoms with Crippen LogP contribution in [-0.2, 0) is 0 Å². The monoisotopic (exact) mass is 420 g/mol. The van der Waals surface area contributed by atoms with Crippen molar-refractivity contribution in [3.8, 4) is 5.75 Å². The van der Waals surface area contributed by atoms with Gasteiger partial charge < -0.3 is 4.74 Å². The Balaban J connectivity index is 1.52. The molecule has 2 fully saturated rings. The molecule has 1 unspecified atom stereocenters. The number of hydrogen-bond acceptors (Lipinski definition) is 1. The van der Waals surface area contributed by atoms with Crippen LogP contribution < -0.4 is 4.74 Å². The molecule has 0 aromatic heterocycles. The van der Waals surface area contributed by atoms with Crippen LogP contribution >= 0.6 is 0 Å². The van der Waals surface area contributed by atoms with Crippen molar-refractivity contribution < 1.29 is 13.5 Å². The van der Waals surface area contributed by atoms with E-state index in [1.807, 2.05) is 6.92 Å². The molecule has 1 nitrogen and oxygen atoms in total. The number of unbranched alkanes of at least 4 members (excludes halogenated alkanes) is 3. The molecule has 1 atom stereocenters. The minimum Gasteiger partial charge on any atom is -0.485 e. The minimum atomic E-state index is -0.534. The molecule has 2 aliphatic carbocycles. The third kappa shape index (κ3) is 6.44. The van der Waals surface area contributed by atoms with Gasteiger partial charge in [0.05, 0.1) is 6.10 Å². The fraction of sp³-hybridized carbons (Fsp3) is 0.778. The second-order valence-corrected chi connectivity index (χ2v) is 10.2. The van der Waals surface area contributed by atoms with Crippen LogP contribution in [0.3, 0.4) is 0 Å². The summed E-state index contributed by atoms with van der Waals surface area (Å²) in [5.74, 6) is 1.62. The van der Waals surface area contributed by atoms with Crippen LogP contribution in [0.4, 0.5) is 8.78 Å². The number of hydrogen-bond donors (Lipinski definition) is 0. The van der Waals surface area contributed by atoms with E-state index in [-0.39, 0.29) is 17.8 Å². The van der Waals surface area contributed by atoms with Crippen LogP contribution in [0.5, 0.6) is 5.75 Å². The van der Waals surface area contributed by atoms with Gasteiger partial charge >= 0.3 is 0 Å². The quantitative estimate of drug-likeness (QED) is 0.363. The van der Waals surface area contributed by atoms with Gasteiger partial charge in [0.15, 0.2) is 17.4 Å². The van der Waals surface area contributed by atoms with Crippen LogP contribution in [0.2, 0.25) is 0 Å². The first-order chi connectivity index (χ1) is 14.5. The van der Waals surface area contributed by atoms with E-state index in [9.17, 15) is 8.78 Å². The fourth-order valence-corrected chi connectivity index (χ4v) is 5.73. The van der Waals surface area contributed by atoms with Crippen molar-refractivity contribution in [2.75, 3.05) is 0 Å². The van der Waals surface area contributed by atoms with E-state index in [0.717, 1.165) is 55.4 Å². The smallest absolute Gasteiger partial charge is 0.191 e. The minimum absolute atomic E-state index is 0.162. The van der Waals surface area contributed by atoms with Crippen molar-refractivity contribution >= 4 is 0 Å². The van der Waals surface area contributed by atoms with E-state index in [1.54, 1.807) is 0 Å². The summed E-state index contributed by atoms with van der Waals surface area (Å²) < 4.78 is 35.1. The number of ether oxygens (including phenoxy) is 1. The van der Waals surface area contributed by atoms with Gasteiger partial charge in [-0.1, -0.05) is 46.0 Å². The van der Waals surface area contributed by atoms with Crippen molar-refractivity contribution in [1.29, 1.82) is 0 Å². The van der Waals surface area contributed by atoms with Gasteiger partial charge in [0.2, 0.25) is 0 Å². The molecule has 3 rings (SSSR count). The van der Waals surface area contributed by atoms with Crippen molar-refractivity contribution in [2.45, 2.75) is 116 Å². The largest absolute Gasteiger partial charge is 0.485 e. The molecule has 1 aromatic carbocycles. The molecule has 1 aromatic rings. The lowest BCUT2D eigenvalue weighted by atomic mass is 9.68. The molecule has 170 valence electrons. The van der Waals surface area contributed by atoms with Gasteiger partial charge in [0.1, 0.15) is 0 Å². The Morgan fingerprint density at radius 1 is 0.867 bits per heavy atom. The molecule has 0 amide bonds. The third-order valence-electron chi connectivity index (χ3n) is 7.77. The van der Waals surface area contributed by atoms with Crippen molar-refractivity contribution in [3.05, 3.63) is 29.3 Å². The zero-order valence-corrected chi connectivity index (χ0v) is 19.4. The van der Waals surface area contributed by atoms with Crippen molar-refractivity contribution in [1.82, 2.24) is 0 Å². The molecule has 0 N–H and O–H groups in total. The lowest BCUT2D eigenvalue weighted by Crippen LogP contribution is -2.25. The van der Waals surface area contributed by atoms with Gasteiger partial charge in [-0.2, -0.15) is 0 Å². The summed E-state index contributed by atoms with van der Waals surface area (Å²) in [6.07, 6.45) is 15.3. The molecule has 0 heterocycles. The van der Waals surface area contributed by atoms with Crippen LogP contribution in [0.15, 0.2) is 12.1 Å². The van der Waals surface area contributed by atoms with Crippen molar-refractivity contribution in [2.24, 2.45) is 17.8 Å². The number of halogens is 2. The third-order valence-corrected chi connectivity index (χ3v) is 7.77. The van der Waals surface area contributed by atoms with Crippen LogP contribution in [0, 0.1) is 29.4 Å². The maximum atomic E-state index is 14.7. The van der Waals surface area contributed by atoms with Crippen LogP contribution in [-0.4, -0.2) is 6.10 Å². The summed E-state index contributed by atoms with van der Waals surface area (Å²) in [5, 5.41) is 0. The average molecular weight is 421 g/mol. The number of rotatable bonds is 9. The summed E-state index contributed by atoms with van der Waals surface area (Å²) in [6, 6.07) is 3.07. The Morgan fingerprint density at radius 2 is 1.43 bits per heavy atom. The van der Waals surface area contributed by atoms with Gasteiger partial charge in [-0.05, 0) is 99.7 Å². The Labute approximate surface area is 183 Å². The van der Waals surface area contributed by atoms with E-state index in [4.69, 9.17) is 4.74 Å². The van der Waals surface area contributed by atoms with Gasteiger partial charge in [0, 0.05) is 0 Å². The van der Waals surface area contributed by atoms with E-state index >= 15 is 0 Å². The lowest BCUT2D eigenvalue weighted by Gasteiger charge is -2.37. The summed E-state index contributed by atoms with van der Waals surface area (Å²) in [4.78, 5) is 0. The Kier molecular flexibility index (Phi) is 9.01. The predicted molar refractivity (Wildman–Crippen MR) is 121 cm³/mol. The standard InChI is InChI=1S/C27H42F2O/c1-4-5-6-7-8-20(3)30-27-25(28)17-24(18-26(27)29)23-15-13-22(14-16-23)21-11-9-19(2)10-12-21/h17-23H,4-16H2,1-3H3. The summed E-state index contributed by atoms with van der Waals surface area (Å²) >= 11 is 0. The Morgan fingerprint density at radius 3 is 2.00 bits per heavy atom. The second kappa shape index (κ2) is 11.5. The van der Waals surface area contributed by atoms with E-state index in [2.05, 4.69) is 13.8 Å². The van der Waals surface area contributed by atoms with E-state index < -0.39 is 11.6 Å². The summed E-state index contributed by atoms with van der Waals surface area (Å²) in [6.45, 7) is 6.46. The molecule has 0 bridgehead atoms. The molecule has 30 heavy (non-hydrogen) atoms. The SMILES string of the molecule is CCCCCCC(C)Oc1c(F)cc(C2CCC(C3CCC(C)CC3)CC2)cc1F. The second-order valence-electron chi connectivity index (χ2n) is 10.2. The van der Waals surface area contributed by atoms with Gasteiger partial charge in [-0.25, -0.2) is 8.78 Å². The normalized spacial score (nSPS) is 28.3. The number of benzene rings is 1. The van der Waals surface area contributed by atoms with Gasteiger partial charge in [-0.15, -0.1) is 0 Å². The van der Waals surface area contributed by atoms with Gasteiger partial charge in [-0.3, -0.25) is 0 Å². The zero-order valence-electron chi connectivity index (χ0n) is 19.4. The highest BCUT2D eigenvalue weighted by molar-refractivity contribution is 5.33. The maximum Gasteiger partial charge on any atom is 0.191 e. The first kappa shape index (κ1) is 23.5. The first-order valence-corrected chi connectivity index (χ1v) is 12.6. The van der Waals surface area contributed by atoms with Crippen molar-refractivity contribution in [3.63, 3.8) is 0 Å². The van der Waals surface area contributed by atoms with E-state index in [0.29, 0.717) is 0 Å². The zero-order chi connectivity index (χ0) is 21.5. The Hall–Kier alpha value is -1.12. The first-order valence-electron chi connectivity index (χ1n) is 12.6. The molecule has 3 heteroatoms. The summed E-state index contributed by atoms with van der Waals surface area (Å²) in [5.41, 5.74) is 0.823. The lowest BCUT2D eigenvalue weighted by molar-refractivity contribution is 0.164. The Bertz CT molecular complexity index is 619. The predicted octanol–water partition coefficient (Wildman–Crippen LogP) is 8.80. The molecule has 2 saturated carbocycles. The van der Waals surface area contributed by atoms with Crippen LogP contribution in [0.1, 0.15) is 116 Å². The average Bonchev–Trinajstić information content (AvgIpc) is 2.74. The molecule has 0 spiro atoms.